The van der Waals surface area contributed by atoms with Crippen LogP contribution < -0.4 is 15.2 Å². The van der Waals surface area contributed by atoms with Crippen molar-refractivity contribution in [3.05, 3.63) is 54.4 Å². The molecule has 1 aromatic carbocycles. The van der Waals surface area contributed by atoms with Crippen LogP contribution in [0.5, 0.6) is 11.5 Å². The van der Waals surface area contributed by atoms with Crippen LogP contribution in [0.25, 0.3) is 0 Å². The van der Waals surface area contributed by atoms with Crippen molar-refractivity contribution in [2.75, 3.05) is 19.8 Å². The lowest BCUT2D eigenvalue weighted by atomic mass is 10.3. The van der Waals surface area contributed by atoms with Crippen LogP contribution in [0.1, 0.15) is 12.1 Å². The zero-order valence-corrected chi connectivity index (χ0v) is 11.5. The van der Waals surface area contributed by atoms with Gasteiger partial charge in [0.15, 0.2) is 0 Å². The number of pyridine rings is 1. The summed E-state index contributed by atoms with van der Waals surface area (Å²) in [7, 11) is 0. The summed E-state index contributed by atoms with van der Waals surface area (Å²) in [5.41, 5.74) is 6.47. The molecule has 0 fully saturated rings. The third kappa shape index (κ3) is 4.90. The molecule has 4 heteroatoms. The van der Waals surface area contributed by atoms with Crippen molar-refractivity contribution in [3.8, 4) is 11.5 Å². The second-order valence-corrected chi connectivity index (χ2v) is 4.39. The molecule has 0 aliphatic heterocycles. The Morgan fingerprint density at radius 2 is 1.65 bits per heavy atom. The Morgan fingerprint density at radius 3 is 2.30 bits per heavy atom. The molecule has 1 aromatic heterocycles. The number of nitrogens with zero attached hydrogens (tertiary/aromatic N) is 1. The quantitative estimate of drug-likeness (QED) is 0.750. The monoisotopic (exact) mass is 272 g/mol. The number of benzene rings is 1. The predicted octanol–water partition coefficient (Wildman–Crippen LogP) is 2.43. The number of aromatic nitrogens is 1. The fourth-order valence-corrected chi connectivity index (χ4v) is 1.75. The molecule has 0 aliphatic rings. The zero-order valence-electron chi connectivity index (χ0n) is 11.5. The molecule has 0 saturated heterocycles. The topological polar surface area (TPSA) is 57.4 Å². The largest absolute Gasteiger partial charge is 0.493 e. The Morgan fingerprint density at radius 1 is 0.900 bits per heavy atom. The van der Waals surface area contributed by atoms with E-state index in [0.717, 1.165) is 30.0 Å². The SMILES string of the molecule is NCCc1ccc(OCCCOc2ccccc2)cn1. The second kappa shape index (κ2) is 8.17. The molecule has 0 amide bonds. The van der Waals surface area contributed by atoms with Crippen molar-refractivity contribution in [3.63, 3.8) is 0 Å². The number of hydrogen-bond donors (Lipinski definition) is 1. The molecule has 1 heterocycles. The molecule has 106 valence electrons. The lowest BCUT2D eigenvalue weighted by molar-refractivity contribution is 0.247. The molecular formula is C16H20N2O2. The van der Waals surface area contributed by atoms with Crippen LogP contribution in [-0.2, 0) is 6.42 Å². The van der Waals surface area contributed by atoms with Gasteiger partial charge >= 0.3 is 0 Å². The minimum atomic E-state index is 0.615. The average Bonchev–Trinajstić information content (AvgIpc) is 2.50. The average molecular weight is 272 g/mol. The molecule has 0 unspecified atom stereocenters. The van der Waals surface area contributed by atoms with Crippen LogP contribution in [0, 0.1) is 0 Å². The summed E-state index contributed by atoms with van der Waals surface area (Å²) in [6.45, 7) is 1.87. The Hall–Kier alpha value is -2.07. The normalized spacial score (nSPS) is 10.2. The summed E-state index contributed by atoms with van der Waals surface area (Å²) in [4.78, 5) is 4.28. The molecule has 0 aliphatic carbocycles. The summed E-state index contributed by atoms with van der Waals surface area (Å²) in [5.74, 6) is 1.67. The maximum Gasteiger partial charge on any atom is 0.137 e. The van der Waals surface area contributed by atoms with E-state index in [2.05, 4.69) is 4.98 Å². The van der Waals surface area contributed by atoms with Crippen LogP contribution in [0.15, 0.2) is 48.7 Å². The highest BCUT2D eigenvalue weighted by Gasteiger charge is 1.97. The van der Waals surface area contributed by atoms with Gasteiger partial charge in [0.2, 0.25) is 0 Å². The maximum absolute atomic E-state index is 5.60. The Labute approximate surface area is 119 Å². The molecule has 4 nitrogen and oxygen atoms in total. The predicted molar refractivity (Wildman–Crippen MR) is 79.0 cm³/mol. The van der Waals surface area contributed by atoms with Crippen molar-refractivity contribution < 1.29 is 9.47 Å². The molecule has 0 saturated carbocycles. The van der Waals surface area contributed by atoms with Gasteiger partial charge in [0.25, 0.3) is 0 Å². The first kappa shape index (κ1) is 14.3. The smallest absolute Gasteiger partial charge is 0.137 e. The van der Waals surface area contributed by atoms with E-state index in [0.29, 0.717) is 19.8 Å². The molecule has 0 radical (unpaired) electrons. The minimum absolute atomic E-state index is 0.615. The van der Waals surface area contributed by atoms with E-state index in [1.165, 1.54) is 0 Å². The van der Waals surface area contributed by atoms with E-state index >= 15 is 0 Å². The molecule has 2 N–H and O–H groups in total. The first-order chi connectivity index (χ1) is 9.88. The molecule has 20 heavy (non-hydrogen) atoms. The van der Waals surface area contributed by atoms with Crippen molar-refractivity contribution in [1.82, 2.24) is 4.98 Å². The first-order valence-electron chi connectivity index (χ1n) is 6.84. The van der Waals surface area contributed by atoms with Gasteiger partial charge < -0.3 is 15.2 Å². The van der Waals surface area contributed by atoms with Crippen LogP contribution in [-0.4, -0.2) is 24.7 Å². The standard InChI is InChI=1S/C16H20N2O2/c17-10-9-14-7-8-16(13-18-14)20-12-4-11-19-15-5-2-1-3-6-15/h1-3,5-8,13H,4,9-12,17H2. The molecule has 0 atom stereocenters. The van der Waals surface area contributed by atoms with Gasteiger partial charge in [0.05, 0.1) is 19.4 Å². The van der Waals surface area contributed by atoms with E-state index in [9.17, 15) is 0 Å². The van der Waals surface area contributed by atoms with Gasteiger partial charge in [-0.1, -0.05) is 18.2 Å². The first-order valence-corrected chi connectivity index (χ1v) is 6.84. The lowest BCUT2D eigenvalue weighted by Crippen LogP contribution is -2.06. The van der Waals surface area contributed by atoms with E-state index in [4.69, 9.17) is 15.2 Å². The van der Waals surface area contributed by atoms with E-state index in [1.54, 1.807) is 6.20 Å². The summed E-state index contributed by atoms with van der Waals surface area (Å²) in [6, 6.07) is 13.7. The van der Waals surface area contributed by atoms with E-state index in [-0.39, 0.29) is 0 Å². The number of rotatable bonds is 8. The number of ether oxygens (including phenoxy) is 2. The van der Waals surface area contributed by atoms with Gasteiger partial charge in [0, 0.05) is 18.5 Å². The summed E-state index contributed by atoms with van der Waals surface area (Å²) < 4.78 is 11.2. The maximum atomic E-state index is 5.60. The third-order valence-corrected chi connectivity index (χ3v) is 2.77. The lowest BCUT2D eigenvalue weighted by Gasteiger charge is -2.08. The molecule has 2 aromatic rings. The minimum Gasteiger partial charge on any atom is -0.493 e. The molecule has 2 rings (SSSR count). The summed E-state index contributed by atoms with van der Waals surface area (Å²) in [5, 5.41) is 0. The highest BCUT2D eigenvalue weighted by Crippen LogP contribution is 2.11. The van der Waals surface area contributed by atoms with Gasteiger partial charge in [-0.25, -0.2) is 0 Å². The molecular weight excluding hydrogens is 252 g/mol. The van der Waals surface area contributed by atoms with E-state index < -0.39 is 0 Å². The van der Waals surface area contributed by atoms with Crippen molar-refractivity contribution in [1.29, 1.82) is 0 Å². The summed E-state index contributed by atoms with van der Waals surface area (Å²) in [6.07, 6.45) is 3.37. The van der Waals surface area contributed by atoms with Gasteiger partial charge in [-0.15, -0.1) is 0 Å². The number of hydrogen-bond acceptors (Lipinski definition) is 4. The zero-order chi connectivity index (χ0) is 14.0. The van der Waals surface area contributed by atoms with Gasteiger partial charge in [-0.3, -0.25) is 4.98 Å². The Bertz CT molecular complexity index is 486. The number of nitrogens with two attached hydrogens (primary N) is 1. The Balaban J connectivity index is 1.63. The highest BCUT2D eigenvalue weighted by atomic mass is 16.5. The number of para-hydroxylation sites is 1. The van der Waals surface area contributed by atoms with Crippen LogP contribution in [0.4, 0.5) is 0 Å². The Kier molecular flexibility index (Phi) is 5.86. The van der Waals surface area contributed by atoms with Crippen molar-refractivity contribution in [2.45, 2.75) is 12.8 Å². The molecule has 0 spiro atoms. The van der Waals surface area contributed by atoms with E-state index in [1.807, 2.05) is 42.5 Å². The van der Waals surface area contributed by atoms with Crippen molar-refractivity contribution >= 4 is 0 Å². The molecule has 0 bridgehead atoms. The van der Waals surface area contributed by atoms with Crippen LogP contribution >= 0.6 is 0 Å². The highest BCUT2D eigenvalue weighted by molar-refractivity contribution is 5.21. The van der Waals surface area contributed by atoms with Gasteiger partial charge in [-0.05, 0) is 30.8 Å². The summed E-state index contributed by atoms with van der Waals surface area (Å²) >= 11 is 0. The van der Waals surface area contributed by atoms with Crippen LogP contribution in [0.2, 0.25) is 0 Å². The van der Waals surface area contributed by atoms with Gasteiger partial charge in [0.1, 0.15) is 11.5 Å². The fraction of sp³-hybridized carbons (Fsp3) is 0.312. The second-order valence-electron chi connectivity index (χ2n) is 4.39. The van der Waals surface area contributed by atoms with Crippen LogP contribution in [0.3, 0.4) is 0 Å². The third-order valence-electron chi connectivity index (χ3n) is 2.77. The van der Waals surface area contributed by atoms with Crippen molar-refractivity contribution in [2.24, 2.45) is 5.73 Å². The van der Waals surface area contributed by atoms with Gasteiger partial charge in [-0.2, -0.15) is 0 Å². The fourth-order valence-electron chi connectivity index (χ4n) is 1.75.